The zero-order chi connectivity index (χ0) is 13.0. The molecule has 4 N–H and O–H groups in total. The Morgan fingerprint density at radius 2 is 2.16 bits per heavy atom. The number of nitrogens with one attached hydrogen (secondary N) is 2. The minimum absolute atomic E-state index is 0.272. The summed E-state index contributed by atoms with van der Waals surface area (Å²) >= 11 is 0. The maximum atomic E-state index is 12.2. The third-order valence-corrected chi connectivity index (χ3v) is 3.36. The van der Waals surface area contributed by atoms with Crippen LogP contribution >= 0.6 is 0 Å². The van der Waals surface area contributed by atoms with Crippen LogP contribution in [0.5, 0.6) is 0 Å². The van der Waals surface area contributed by atoms with Gasteiger partial charge < -0.3 is 10.7 Å². The molecule has 3 heterocycles. The summed E-state index contributed by atoms with van der Waals surface area (Å²) in [6.07, 6.45) is 5.02. The van der Waals surface area contributed by atoms with Crippen molar-refractivity contribution in [3.8, 4) is 5.82 Å². The number of nitrogens with two attached hydrogens (primary N) is 1. The van der Waals surface area contributed by atoms with Gasteiger partial charge in [-0.3, -0.25) is 9.89 Å². The van der Waals surface area contributed by atoms with Gasteiger partial charge in [0.1, 0.15) is 17.5 Å². The summed E-state index contributed by atoms with van der Waals surface area (Å²) in [5.41, 5.74) is 7.78. The smallest absolute Gasteiger partial charge is 0.296 e. The molecule has 8 heteroatoms. The van der Waals surface area contributed by atoms with Crippen LogP contribution in [0.1, 0.15) is 24.5 Å². The number of aromatic amines is 2. The zero-order valence-corrected chi connectivity index (χ0v) is 9.92. The molecule has 0 spiro atoms. The van der Waals surface area contributed by atoms with Crippen LogP contribution in [0.2, 0.25) is 0 Å². The Labute approximate surface area is 106 Å². The van der Waals surface area contributed by atoms with Crippen LogP contribution in [-0.4, -0.2) is 29.7 Å². The van der Waals surface area contributed by atoms with Gasteiger partial charge in [-0.15, -0.1) is 0 Å². The van der Waals surface area contributed by atoms with Crippen LogP contribution in [0.3, 0.4) is 0 Å². The van der Waals surface area contributed by atoms with E-state index in [0.717, 1.165) is 18.5 Å². The van der Waals surface area contributed by atoms with Crippen molar-refractivity contribution in [1.29, 1.82) is 0 Å². The van der Waals surface area contributed by atoms with E-state index in [1.165, 1.54) is 17.3 Å². The van der Waals surface area contributed by atoms with Gasteiger partial charge in [-0.05, 0) is 12.8 Å². The lowest BCUT2D eigenvalue weighted by molar-refractivity contribution is 0.794. The topological polar surface area (TPSA) is 118 Å². The Bertz CT molecular complexity index is 823. The Kier molecular flexibility index (Phi) is 1.86. The Morgan fingerprint density at radius 3 is 2.95 bits per heavy atom. The molecular formula is C11H11N7O. The second-order valence-corrected chi connectivity index (χ2v) is 4.65. The number of H-pyrrole nitrogens is 2. The highest BCUT2D eigenvalue weighted by molar-refractivity contribution is 5.77. The summed E-state index contributed by atoms with van der Waals surface area (Å²) in [7, 11) is 0. The molecule has 1 aliphatic carbocycles. The first kappa shape index (κ1) is 10.3. The fourth-order valence-electron chi connectivity index (χ4n) is 2.22. The molecular weight excluding hydrogens is 246 g/mol. The minimum Gasteiger partial charge on any atom is -0.393 e. The molecule has 0 aliphatic heterocycles. The summed E-state index contributed by atoms with van der Waals surface area (Å²) in [6.45, 7) is 0. The molecule has 1 saturated carbocycles. The van der Waals surface area contributed by atoms with Gasteiger partial charge in [-0.1, -0.05) is 0 Å². The van der Waals surface area contributed by atoms with Gasteiger partial charge in [-0.25, -0.2) is 15.0 Å². The van der Waals surface area contributed by atoms with Crippen molar-refractivity contribution in [1.82, 2.24) is 29.7 Å². The lowest BCUT2D eigenvalue weighted by Gasteiger charge is -2.00. The number of hydrogen-bond acceptors (Lipinski definition) is 5. The van der Waals surface area contributed by atoms with Crippen molar-refractivity contribution >= 4 is 16.9 Å². The predicted octanol–water partition coefficient (Wildman–Crippen LogP) is 0.292. The van der Waals surface area contributed by atoms with Crippen LogP contribution in [0, 0.1) is 0 Å². The number of hydrogen-bond donors (Lipinski definition) is 3. The summed E-state index contributed by atoms with van der Waals surface area (Å²) in [6, 6.07) is 0. The molecule has 0 bridgehead atoms. The normalized spacial score (nSPS) is 15.2. The van der Waals surface area contributed by atoms with Gasteiger partial charge in [0.05, 0.1) is 12.0 Å². The van der Waals surface area contributed by atoms with E-state index in [-0.39, 0.29) is 11.2 Å². The second kappa shape index (κ2) is 3.44. The van der Waals surface area contributed by atoms with E-state index in [2.05, 4.69) is 25.0 Å². The molecule has 0 aromatic carbocycles. The van der Waals surface area contributed by atoms with Gasteiger partial charge in [0.15, 0.2) is 11.5 Å². The van der Waals surface area contributed by atoms with Gasteiger partial charge in [0.25, 0.3) is 5.56 Å². The quantitative estimate of drug-likeness (QED) is 0.609. The average molecular weight is 257 g/mol. The summed E-state index contributed by atoms with van der Waals surface area (Å²) < 4.78 is 1.35. The summed E-state index contributed by atoms with van der Waals surface area (Å²) in [4.78, 5) is 27.3. The highest BCUT2D eigenvalue weighted by atomic mass is 16.1. The molecule has 0 radical (unpaired) electrons. The molecule has 4 rings (SSSR count). The van der Waals surface area contributed by atoms with Gasteiger partial charge in [0, 0.05) is 5.92 Å². The number of rotatable bonds is 2. The predicted molar refractivity (Wildman–Crippen MR) is 68.0 cm³/mol. The first-order valence-corrected chi connectivity index (χ1v) is 6.00. The first-order chi connectivity index (χ1) is 9.25. The highest BCUT2D eigenvalue weighted by Gasteiger charge is 2.30. The van der Waals surface area contributed by atoms with E-state index in [0.29, 0.717) is 22.9 Å². The Balaban J connectivity index is 1.99. The first-order valence-electron chi connectivity index (χ1n) is 6.00. The molecule has 19 heavy (non-hydrogen) atoms. The number of fused-ring (bicyclic) bond motifs is 1. The lowest BCUT2D eigenvalue weighted by Crippen LogP contribution is -2.18. The number of aromatic nitrogens is 6. The largest absolute Gasteiger partial charge is 0.393 e. The molecule has 0 atom stereocenters. The van der Waals surface area contributed by atoms with Crippen molar-refractivity contribution < 1.29 is 0 Å². The van der Waals surface area contributed by atoms with E-state index in [4.69, 9.17) is 5.73 Å². The monoisotopic (exact) mass is 257 g/mol. The molecule has 3 aromatic rings. The number of nitrogens with zero attached hydrogens (tertiary/aromatic N) is 4. The zero-order valence-electron chi connectivity index (χ0n) is 9.92. The summed E-state index contributed by atoms with van der Waals surface area (Å²) in [5, 5.41) is 3.05. The maximum absolute atomic E-state index is 12.2. The summed E-state index contributed by atoms with van der Waals surface area (Å²) in [5.74, 6) is 0.805. The van der Waals surface area contributed by atoms with E-state index in [1.54, 1.807) is 0 Å². The SMILES string of the molecule is Nc1c(C2CC2)[nH]n(-c2ncnc3nc[nH]c23)c1=O. The van der Waals surface area contributed by atoms with Crippen molar-refractivity contribution in [3.05, 3.63) is 28.7 Å². The van der Waals surface area contributed by atoms with E-state index in [9.17, 15) is 4.79 Å². The number of anilines is 1. The molecule has 8 nitrogen and oxygen atoms in total. The maximum Gasteiger partial charge on any atom is 0.296 e. The number of imidazole rings is 1. The Morgan fingerprint density at radius 1 is 1.32 bits per heavy atom. The third-order valence-electron chi connectivity index (χ3n) is 3.36. The van der Waals surface area contributed by atoms with Gasteiger partial charge >= 0.3 is 0 Å². The van der Waals surface area contributed by atoms with E-state index < -0.39 is 0 Å². The lowest BCUT2D eigenvalue weighted by atomic mass is 10.3. The molecule has 3 aromatic heterocycles. The molecule has 1 aliphatic rings. The Hall–Kier alpha value is -2.64. The minimum atomic E-state index is -0.281. The molecule has 0 unspecified atom stereocenters. The fraction of sp³-hybridized carbons (Fsp3) is 0.273. The van der Waals surface area contributed by atoms with Crippen LogP contribution in [0.25, 0.3) is 17.0 Å². The molecule has 0 saturated heterocycles. The molecule has 1 fully saturated rings. The van der Waals surface area contributed by atoms with Gasteiger partial charge in [-0.2, -0.15) is 4.68 Å². The van der Waals surface area contributed by atoms with E-state index >= 15 is 0 Å². The van der Waals surface area contributed by atoms with Crippen LogP contribution in [-0.2, 0) is 0 Å². The molecule has 0 amide bonds. The standard InChI is InChI=1S/C11H11N7O/c12-6-7(5-1-2-5)17-18(11(6)19)10-8-9(14-3-13-8)15-4-16-10/h3-5,17H,1-2,12H2,(H,13,14,15,16). The average Bonchev–Trinajstić information content (AvgIpc) is 3.07. The fourth-order valence-corrected chi connectivity index (χ4v) is 2.22. The van der Waals surface area contributed by atoms with Crippen molar-refractivity contribution in [2.24, 2.45) is 0 Å². The van der Waals surface area contributed by atoms with Crippen LogP contribution in [0.15, 0.2) is 17.4 Å². The molecule has 96 valence electrons. The highest BCUT2D eigenvalue weighted by Crippen LogP contribution is 2.40. The van der Waals surface area contributed by atoms with Crippen molar-refractivity contribution in [2.45, 2.75) is 18.8 Å². The van der Waals surface area contributed by atoms with E-state index in [1.807, 2.05) is 0 Å². The van der Waals surface area contributed by atoms with Crippen LogP contribution < -0.4 is 11.3 Å². The van der Waals surface area contributed by atoms with Crippen molar-refractivity contribution in [3.63, 3.8) is 0 Å². The van der Waals surface area contributed by atoms with Gasteiger partial charge in [0.2, 0.25) is 0 Å². The second-order valence-electron chi connectivity index (χ2n) is 4.65. The van der Waals surface area contributed by atoms with Crippen molar-refractivity contribution in [2.75, 3.05) is 5.73 Å². The number of nitrogen functional groups attached to an aromatic ring is 1. The van der Waals surface area contributed by atoms with Crippen LogP contribution in [0.4, 0.5) is 5.69 Å². The third kappa shape index (κ3) is 1.39.